The quantitative estimate of drug-likeness (QED) is 0.717. The van der Waals surface area contributed by atoms with Gasteiger partial charge in [-0.05, 0) is 31.9 Å². The molecule has 1 fully saturated rings. The summed E-state index contributed by atoms with van der Waals surface area (Å²) >= 11 is 1.63. The molecule has 1 aliphatic heterocycles. The van der Waals surface area contributed by atoms with Crippen molar-refractivity contribution in [1.82, 2.24) is 14.9 Å². The van der Waals surface area contributed by atoms with Crippen molar-refractivity contribution in [3.63, 3.8) is 0 Å². The second kappa shape index (κ2) is 5.45. The van der Waals surface area contributed by atoms with Gasteiger partial charge in [-0.25, -0.2) is 9.97 Å². The van der Waals surface area contributed by atoms with Crippen molar-refractivity contribution in [1.29, 1.82) is 0 Å². The minimum Gasteiger partial charge on any atom is -0.441 e. The van der Waals surface area contributed by atoms with Gasteiger partial charge in [-0.3, -0.25) is 4.79 Å². The molecule has 6 heteroatoms. The number of rotatable bonds is 2. The zero-order valence-electron chi connectivity index (χ0n) is 13.1. The van der Waals surface area contributed by atoms with E-state index in [2.05, 4.69) is 15.3 Å². The minimum atomic E-state index is 0.0112. The van der Waals surface area contributed by atoms with E-state index in [9.17, 15) is 4.79 Å². The van der Waals surface area contributed by atoms with Gasteiger partial charge in [0.25, 0.3) is 5.91 Å². The van der Waals surface area contributed by atoms with E-state index in [1.165, 1.54) is 0 Å². The maximum Gasteiger partial charge on any atom is 0.256 e. The van der Waals surface area contributed by atoms with Crippen molar-refractivity contribution in [2.24, 2.45) is 0 Å². The lowest BCUT2D eigenvalue weighted by Crippen LogP contribution is -2.30. The number of carbonyl (C=O) groups excluding carboxylic acids is 1. The molecule has 1 amide bonds. The smallest absolute Gasteiger partial charge is 0.256 e. The molecule has 23 heavy (non-hydrogen) atoms. The Labute approximate surface area is 138 Å². The average Bonchev–Trinajstić information content (AvgIpc) is 3.23. The highest BCUT2D eigenvalue weighted by Gasteiger charge is 2.33. The van der Waals surface area contributed by atoms with E-state index in [0.29, 0.717) is 22.6 Å². The Morgan fingerprint density at radius 3 is 3.00 bits per heavy atom. The molecule has 0 bridgehead atoms. The molecule has 0 spiro atoms. The lowest BCUT2D eigenvalue weighted by atomic mass is 10.1. The molecule has 3 aromatic rings. The molecule has 1 atom stereocenters. The van der Waals surface area contributed by atoms with Crippen LogP contribution < -0.4 is 0 Å². The van der Waals surface area contributed by atoms with Crippen LogP contribution in [-0.4, -0.2) is 27.3 Å². The summed E-state index contributed by atoms with van der Waals surface area (Å²) in [4.78, 5) is 24.0. The van der Waals surface area contributed by atoms with Crippen molar-refractivity contribution in [2.45, 2.75) is 32.7 Å². The summed E-state index contributed by atoms with van der Waals surface area (Å²) in [5.74, 6) is 0.588. The molecule has 1 saturated heterocycles. The summed E-state index contributed by atoms with van der Waals surface area (Å²) in [6.07, 6.45) is 1.96. The van der Waals surface area contributed by atoms with Gasteiger partial charge in [0.2, 0.25) is 0 Å². The minimum absolute atomic E-state index is 0.0112. The van der Waals surface area contributed by atoms with Gasteiger partial charge in [-0.2, -0.15) is 0 Å². The maximum atomic E-state index is 13.1. The van der Waals surface area contributed by atoms with Crippen LogP contribution in [0.4, 0.5) is 0 Å². The molecule has 0 saturated carbocycles. The molecule has 0 aliphatic carbocycles. The first kappa shape index (κ1) is 14.4. The fraction of sp³-hybridized carbons (Fsp3) is 0.353. The number of benzene rings is 1. The van der Waals surface area contributed by atoms with E-state index in [1.54, 1.807) is 18.3 Å². The summed E-state index contributed by atoms with van der Waals surface area (Å²) in [5, 5.41) is 3.10. The molecular formula is C17H17N3O2S. The monoisotopic (exact) mass is 327 g/mol. The molecule has 0 unspecified atom stereocenters. The van der Waals surface area contributed by atoms with Crippen LogP contribution in [-0.2, 0) is 0 Å². The zero-order valence-corrected chi connectivity index (χ0v) is 13.9. The summed E-state index contributed by atoms with van der Waals surface area (Å²) < 4.78 is 5.54. The lowest BCUT2D eigenvalue weighted by Gasteiger charge is -2.23. The van der Waals surface area contributed by atoms with Crippen LogP contribution in [0.15, 0.2) is 28.0 Å². The van der Waals surface area contributed by atoms with Crippen molar-refractivity contribution in [3.8, 4) is 0 Å². The first-order valence-electron chi connectivity index (χ1n) is 7.72. The Hall–Kier alpha value is -2.21. The normalized spacial score (nSPS) is 18.0. The second-order valence-electron chi connectivity index (χ2n) is 5.83. The third-order valence-electron chi connectivity index (χ3n) is 4.25. The Morgan fingerprint density at radius 1 is 1.35 bits per heavy atom. The Morgan fingerprint density at radius 2 is 2.22 bits per heavy atom. The largest absolute Gasteiger partial charge is 0.441 e. The number of hydrogen-bond donors (Lipinski definition) is 0. The second-order valence-corrected chi connectivity index (χ2v) is 6.90. The summed E-state index contributed by atoms with van der Waals surface area (Å²) in [5.41, 5.74) is 2.92. The van der Waals surface area contributed by atoms with Crippen molar-refractivity contribution in [3.05, 3.63) is 45.7 Å². The highest BCUT2D eigenvalue weighted by atomic mass is 32.1. The molecular weight excluding hydrogens is 310 g/mol. The summed E-state index contributed by atoms with van der Waals surface area (Å²) in [6.45, 7) is 4.55. The van der Waals surface area contributed by atoms with Gasteiger partial charge in [0.05, 0.1) is 22.3 Å². The maximum absolute atomic E-state index is 13.1. The van der Waals surface area contributed by atoms with E-state index >= 15 is 0 Å². The zero-order chi connectivity index (χ0) is 16.0. The Kier molecular flexibility index (Phi) is 3.41. The average molecular weight is 327 g/mol. The fourth-order valence-electron chi connectivity index (χ4n) is 3.24. The Bertz CT molecular complexity index is 883. The molecule has 1 aromatic carbocycles. The van der Waals surface area contributed by atoms with E-state index in [-0.39, 0.29) is 11.9 Å². The van der Waals surface area contributed by atoms with Crippen LogP contribution in [0.2, 0.25) is 0 Å². The van der Waals surface area contributed by atoms with Crippen LogP contribution in [0.5, 0.6) is 0 Å². The van der Waals surface area contributed by atoms with Gasteiger partial charge in [0, 0.05) is 18.8 Å². The highest BCUT2D eigenvalue weighted by Crippen LogP contribution is 2.34. The van der Waals surface area contributed by atoms with E-state index in [1.807, 2.05) is 30.0 Å². The molecule has 5 nitrogen and oxygen atoms in total. The third kappa shape index (κ3) is 2.43. The lowest BCUT2D eigenvalue weighted by molar-refractivity contribution is 0.0735. The Balaban J connectivity index is 1.72. The van der Waals surface area contributed by atoms with Crippen molar-refractivity contribution >= 4 is 28.3 Å². The topological polar surface area (TPSA) is 59.2 Å². The van der Waals surface area contributed by atoms with Crippen LogP contribution in [0, 0.1) is 13.8 Å². The number of amides is 1. The first-order valence-corrected chi connectivity index (χ1v) is 8.60. The number of likely N-dealkylation sites (tertiary alicyclic amines) is 1. The predicted octanol–water partition coefficient (Wildman–Crippen LogP) is 3.88. The van der Waals surface area contributed by atoms with Crippen LogP contribution in [0.25, 0.3) is 11.1 Å². The number of nitrogens with zero attached hydrogens (tertiary/aromatic N) is 3. The van der Waals surface area contributed by atoms with Crippen LogP contribution >= 0.6 is 11.3 Å². The molecule has 0 radical (unpaired) electrons. The highest BCUT2D eigenvalue weighted by molar-refractivity contribution is 7.09. The number of para-hydroxylation sites is 1. The number of carbonyl (C=O) groups is 1. The van der Waals surface area contributed by atoms with E-state index in [0.717, 1.165) is 30.1 Å². The number of hydrogen-bond acceptors (Lipinski definition) is 5. The van der Waals surface area contributed by atoms with Crippen molar-refractivity contribution < 1.29 is 9.21 Å². The van der Waals surface area contributed by atoms with E-state index in [4.69, 9.17) is 4.42 Å². The fourth-order valence-corrected chi connectivity index (χ4v) is 3.90. The number of thiazole rings is 1. The van der Waals surface area contributed by atoms with Gasteiger partial charge < -0.3 is 9.32 Å². The van der Waals surface area contributed by atoms with Gasteiger partial charge in [-0.15, -0.1) is 11.3 Å². The number of aryl methyl sites for hydroxylation is 2. The molecule has 4 rings (SSSR count). The van der Waals surface area contributed by atoms with Crippen molar-refractivity contribution in [2.75, 3.05) is 6.54 Å². The molecule has 2 aromatic heterocycles. The number of fused-ring (bicyclic) bond motifs is 1. The SMILES string of the molecule is Cc1nc2c(C(=O)N3CCC[C@H]3c3csc(C)n3)cccc2o1. The van der Waals surface area contributed by atoms with Crippen LogP contribution in [0.3, 0.4) is 0 Å². The standard InChI is InChI=1S/C17H17N3O2S/c1-10-18-16-12(5-3-7-15(16)22-10)17(21)20-8-4-6-14(20)13-9-23-11(2)19-13/h3,5,7,9,14H,4,6,8H2,1-2H3/t14-/m0/s1. The number of oxazole rings is 1. The van der Waals surface area contributed by atoms with E-state index < -0.39 is 0 Å². The summed E-state index contributed by atoms with van der Waals surface area (Å²) in [7, 11) is 0. The van der Waals surface area contributed by atoms with Gasteiger partial charge in [0.15, 0.2) is 11.5 Å². The van der Waals surface area contributed by atoms with Crippen LogP contribution in [0.1, 0.15) is 45.8 Å². The van der Waals surface area contributed by atoms with Gasteiger partial charge >= 0.3 is 0 Å². The van der Waals surface area contributed by atoms with Gasteiger partial charge in [0.1, 0.15) is 5.52 Å². The first-order chi connectivity index (χ1) is 11.1. The third-order valence-corrected chi connectivity index (χ3v) is 5.04. The molecule has 118 valence electrons. The molecule has 0 N–H and O–H groups in total. The number of aromatic nitrogens is 2. The predicted molar refractivity (Wildman–Crippen MR) is 88.6 cm³/mol. The van der Waals surface area contributed by atoms with Gasteiger partial charge in [-0.1, -0.05) is 6.07 Å². The molecule has 3 heterocycles. The molecule has 1 aliphatic rings. The summed E-state index contributed by atoms with van der Waals surface area (Å²) in [6, 6.07) is 5.58.